The first kappa shape index (κ1) is 19.1. The molecule has 150 valence electrons. The minimum Gasteiger partial charge on any atom is -0.338 e. The third-order valence-electron chi connectivity index (χ3n) is 6.32. The number of aromatic nitrogens is 2. The zero-order valence-electron chi connectivity index (χ0n) is 16.5. The lowest BCUT2D eigenvalue weighted by Gasteiger charge is -2.39. The van der Waals surface area contributed by atoms with Crippen molar-refractivity contribution >= 4 is 5.91 Å². The summed E-state index contributed by atoms with van der Waals surface area (Å²) >= 11 is 0. The topological polar surface area (TPSA) is 41.4 Å². The number of likely N-dealkylation sites (tertiary alicyclic amines) is 2. The molecule has 28 heavy (non-hydrogen) atoms. The molecular formula is C22H29FN4O. The van der Waals surface area contributed by atoms with Crippen molar-refractivity contribution in [2.45, 2.75) is 57.2 Å². The minimum absolute atomic E-state index is 0.109. The van der Waals surface area contributed by atoms with Crippen LogP contribution in [0.15, 0.2) is 42.7 Å². The van der Waals surface area contributed by atoms with Crippen LogP contribution in [-0.4, -0.2) is 57.2 Å². The van der Waals surface area contributed by atoms with E-state index in [2.05, 4.69) is 14.9 Å². The molecule has 0 bridgehead atoms. The normalized spacial score (nSPS) is 25.9. The molecule has 5 nitrogen and oxygen atoms in total. The van der Waals surface area contributed by atoms with Gasteiger partial charge in [0.05, 0.1) is 12.6 Å². The molecule has 2 aliphatic heterocycles. The molecule has 4 rings (SSSR count). The fraction of sp³-hybridized carbons (Fsp3) is 0.545. The summed E-state index contributed by atoms with van der Waals surface area (Å²) in [6, 6.07) is 9.30. The van der Waals surface area contributed by atoms with Crippen molar-refractivity contribution in [2.75, 3.05) is 19.6 Å². The van der Waals surface area contributed by atoms with Crippen LogP contribution in [0.5, 0.6) is 0 Å². The number of amides is 1. The van der Waals surface area contributed by atoms with Crippen LogP contribution in [0.3, 0.4) is 0 Å². The summed E-state index contributed by atoms with van der Waals surface area (Å²) in [7, 11) is 0. The van der Waals surface area contributed by atoms with Crippen molar-refractivity contribution in [3.63, 3.8) is 0 Å². The number of benzene rings is 1. The van der Waals surface area contributed by atoms with Crippen molar-refractivity contribution in [3.8, 4) is 0 Å². The van der Waals surface area contributed by atoms with Crippen LogP contribution in [0.25, 0.3) is 0 Å². The molecule has 1 aromatic heterocycles. The average Bonchev–Trinajstić information content (AvgIpc) is 3.28. The zero-order chi connectivity index (χ0) is 19.5. The Kier molecular flexibility index (Phi) is 5.76. The van der Waals surface area contributed by atoms with Gasteiger partial charge in [0.15, 0.2) is 0 Å². The molecule has 2 fully saturated rings. The fourth-order valence-corrected chi connectivity index (χ4v) is 5.05. The Bertz CT molecular complexity index is 794. The Morgan fingerprint density at radius 1 is 1.21 bits per heavy atom. The van der Waals surface area contributed by atoms with E-state index in [9.17, 15) is 9.18 Å². The standard InChI is InChI=1S/C22H29FN4O/c1-17(28)27-12-4-2-3-9-21-22(27)20(18-7-5-8-19(23)15-18)16-25(21)13-14-26-11-6-10-24-26/h5-8,10-11,15,20-22H,2-4,9,12-14,16H2,1H3/t20-,21+,22-/m0/s1. The third kappa shape index (κ3) is 3.97. The SMILES string of the molecule is CC(=O)N1CCCCC[C@@H]2[C@@H]1[C@H](c1cccc(F)c1)CN2CCn1cccn1. The molecule has 2 aromatic rings. The Morgan fingerprint density at radius 3 is 2.86 bits per heavy atom. The number of nitrogens with zero attached hydrogens (tertiary/aromatic N) is 4. The van der Waals surface area contributed by atoms with Crippen LogP contribution in [0.2, 0.25) is 0 Å². The molecule has 2 aliphatic rings. The highest BCUT2D eigenvalue weighted by Crippen LogP contribution is 2.39. The van der Waals surface area contributed by atoms with Gasteiger partial charge in [-0.3, -0.25) is 14.4 Å². The first-order valence-electron chi connectivity index (χ1n) is 10.4. The van der Waals surface area contributed by atoms with Crippen LogP contribution in [0, 0.1) is 5.82 Å². The largest absolute Gasteiger partial charge is 0.338 e. The lowest BCUT2D eigenvalue weighted by atomic mass is 9.86. The highest BCUT2D eigenvalue weighted by molar-refractivity contribution is 5.74. The summed E-state index contributed by atoms with van der Waals surface area (Å²) in [6.07, 6.45) is 8.25. The van der Waals surface area contributed by atoms with Gasteiger partial charge >= 0.3 is 0 Å². The van der Waals surface area contributed by atoms with Crippen LogP contribution >= 0.6 is 0 Å². The van der Waals surface area contributed by atoms with Gasteiger partial charge in [-0.2, -0.15) is 5.10 Å². The number of hydrogen-bond donors (Lipinski definition) is 0. The van der Waals surface area contributed by atoms with Crippen LogP contribution in [-0.2, 0) is 11.3 Å². The van der Waals surface area contributed by atoms with Crippen molar-refractivity contribution < 1.29 is 9.18 Å². The lowest BCUT2D eigenvalue weighted by Crippen LogP contribution is -2.50. The smallest absolute Gasteiger partial charge is 0.219 e. The number of hydrogen-bond acceptors (Lipinski definition) is 3. The maximum absolute atomic E-state index is 14.0. The molecule has 1 amide bonds. The van der Waals surface area contributed by atoms with Crippen LogP contribution in [0.4, 0.5) is 4.39 Å². The van der Waals surface area contributed by atoms with E-state index in [1.54, 1.807) is 25.3 Å². The minimum atomic E-state index is -0.204. The quantitative estimate of drug-likeness (QED) is 0.812. The summed E-state index contributed by atoms with van der Waals surface area (Å²) in [4.78, 5) is 17.1. The third-order valence-corrected chi connectivity index (χ3v) is 6.32. The predicted octanol–water partition coefficient (Wildman–Crippen LogP) is 3.28. The summed E-state index contributed by atoms with van der Waals surface area (Å²) in [5.41, 5.74) is 1.00. The van der Waals surface area contributed by atoms with Crippen LogP contribution in [0.1, 0.15) is 44.1 Å². The summed E-state index contributed by atoms with van der Waals surface area (Å²) < 4.78 is 15.9. The van der Waals surface area contributed by atoms with Gasteiger partial charge < -0.3 is 4.90 Å². The molecule has 0 spiro atoms. The van der Waals surface area contributed by atoms with Gasteiger partial charge in [-0.1, -0.05) is 25.0 Å². The Hall–Kier alpha value is -2.21. The molecule has 1 aromatic carbocycles. The van der Waals surface area contributed by atoms with Gasteiger partial charge in [-0.25, -0.2) is 4.39 Å². The maximum atomic E-state index is 14.0. The summed E-state index contributed by atoms with van der Waals surface area (Å²) in [5, 5.41) is 4.32. The molecule has 0 saturated carbocycles. The second-order valence-electron chi connectivity index (χ2n) is 8.05. The molecule has 0 radical (unpaired) electrons. The van der Waals surface area contributed by atoms with Crippen molar-refractivity contribution in [1.29, 1.82) is 0 Å². The van der Waals surface area contributed by atoms with E-state index in [1.807, 2.05) is 23.0 Å². The summed E-state index contributed by atoms with van der Waals surface area (Å²) in [5.74, 6) is 0.0665. The van der Waals surface area contributed by atoms with Gasteiger partial charge in [-0.05, 0) is 36.6 Å². The highest BCUT2D eigenvalue weighted by atomic mass is 19.1. The number of rotatable bonds is 4. The van der Waals surface area contributed by atoms with E-state index in [0.717, 1.165) is 51.0 Å². The van der Waals surface area contributed by atoms with Gasteiger partial charge in [-0.15, -0.1) is 0 Å². The van der Waals surface area contributed by atoms with Crippen molar-refractivity contribution in [2.24, 2.45) is 0 Å². The van der Waals surface area contributed by atoms with Gasteiger partial charge in [0.25, 0.3) is 0 Å². The van der Waals surface area contributed by atoms with Gasteiger partial charge in [0.1, 0.15) is 5.82 Å². The molecule has 2 saturated heterocycles. The van der Waals surface area contributed by atoms with E-state index in [1.165, 1.54) is 12.5 Å². The van der Waals surface area contributed by atoms with E-state index >= 15 is 0 Å². The second kappa shape index (κ2) is 8.43. The van der Waals surface area contributed by atoms with Crippen molar-refractivity contribution in [3.05, 3.63) is 54.1 Å². The number of carbonyl (C=O) groups excluding carboxylic acids is 1. The van der Waals surface area contributed by atoms with E-state index in [0.29, 0.717) is 6.04 Å². The average molecular weight is 384 g/mol. The zero-order valence-corrected chi connectivity index (χ0v) is 16.5. The first-order chi connectivity index (χ1) is 13.6. The molecule has 3 atom stereocenters. The van der Waals surface area contributed by atoms with Gasteiger partial charge in [0, 0.05) is 50.9 Å². The summed E-state index contributed by atoms with van der Waals surface area (Å²) in [6.45, 7) is 5.04. The van der Waals surface area contributed by atoms with E-state index in [-0.39, 0.29) is 23.7 Å². The monoisotopic (exact) mass is 384 g/mol. The molecule has 0 N–H and O–H groups in total. The predicted molar refractivity (Wildman–Crippen MR) is 106 cm³/mol. The first-order valence-corrected chi connectivity index (χ1v) is 10.4. The maximum Gasteiger partial charge on any atom is 0.219 e. The molecule has 0 unspecified atom stereocenters. The number of halogens is 1. The Morgan fingerprint density at radius 2 is 2.11 bits per heavy atom. The molecule has 0 aliphatic carbocycles. The second-order valence-corrected chi connectivity index (χ2v) is 8.05. The Labute approximate surface area is 166 Å². The molecule has 6 heteroatoms. The highest BCUT2D eigenvalue weighted by Gasteiger charge is 2.46. The van der Waals surface area contributed by atoms with Crippen LogP contribution < -0.4 is 0 Å². The van der Waals surface area contributed by atoms with Gasteiger partial charge in [0.2, 0.25) is 5.91 Å². The van der Waals surface area contributed by atoms with E-state index in [4.69, 9.17) is 0 Å². The number of carbonyl (C=O) groups is 1. The van der Waals surface area contributed by atoms with Crippen molar-refractivity contribution in [1.82, 2.24) is 19.6 Å². The van der Waals surface area contributed by atoms with E-state index < -0.39 is 0 Å². The molecular weight excluding hydrogens is 355 g/mol. The Balaban J connectivity index is 1.64. The fourth-order valence-electron chi connectivity index (χ4n) is 5.05. The lowest BCUT2D eigenvalue weighted by molar-refractivity contribution is -0.132. The molecule has 3 heterocycles. The number of fused-ring (bicyclic) bond motifs is 1.